The van der Waals surface area contributed by atoms with Gasteiger partial charge in [-0.15, -0.1) is 0 Å². The van der Waals surface area contributed by atoms with E-state index in [0.29, 0.717) is 6.42 Å². The number of benzene rings is 2. The molecule has 0 aliphatic heterocycles. The molecule has 0 aliphatic rings. The minimum absolute atomic E-state index is 0.514. The van der Waals surface area contributed by atoms with Crippen LogP contribution in [0.4, 0.5) is 0 Å². The Hall–Kier alpha value is -2.13. The Bertz CT molecular complexity index is 733. The number of aryl methyl sites for hydroxylation is 1. The lowest BCUT2D eigenvalue weighted by Gasteiger charge is -2.13. The average Bonchev–Trinajstić information content (AvgIpc) is 2.96. The largest absolute Gasteiger partial charge is 0.386 e. The molecule has 3 rings (SSSR count). The first kappa shape index (κ1) is 13.8. The van der Waals surface area contributed by atoms with E-state index in [4.69, 9.17) is 0 Å². The molecule has 0 amide bonds. The third-order valence-corrected chi connectivity index (χ3v) is 3.77. The van der Waals surface area contributed by atoms with Crippen LogP contribution in [0, 0.1) is 0 Å². The Morgan fingerprint density at radius 2 is 1.90 bits per heavy atom. The van der Waals surface area contributed by atoms with Gasteiger partial charge in [-0.2, -0.15) is 5.10 Å². The molecule has 1 atom stereocenters. The monoisotopic (exact) mass is 280 g/mol. The van der Waals surface area contributed by atoms with Gasteiger partial charge < -0.3 is 5.11 Å². The topological polar surface area (TPSA) is 38.0 Å². The molecular weight excluding hydrogens is 260 g/mol. The van der Waals surface area contributed by atoms with Gasteiger partial charge in [0.15, 0.2) is 0 Å². The predicted octanol–water partition coefficient (Wildman–Crippen LogP) is 3.72. The van der Waals surface area contributed by atoms with Gasteiger partial charge in [-0.3, -0.25) is 4.68 Å². The second-order valence-corrected chi connectivity index (χ2v) is 5.38. The lowest BCUT2D eigenvalue weighted by molar-refractivity contribution is 0.166. The van der Waals surface area contributed by atoms with Gasteiger partial charge in [-0.25, -0.2) is 0 Å². The summed E-state index contributed by atoms with van der Waals surface area (Å²) < 4.78 is 1.89. The van der Waals surface area contributed by atoms with Crippen molar-refractivity contribution in [3.8, 4) is 0 Å². The first-order chi connectivity index (χ1) is 10.3. The van der Waals surface area contributed by atoms with Gasteiger partial charge in [0, 0.05) is 19.2 Å². The van der Waals surface area contributed by atoms with Gasteiger partial charge in [0.05, 0.1) is 11.8 Å². The van der Waals surface area contributed by atoms with Gasteiger partial charge in [-0.1, -0.05) is 49.4 Å². The normalized spacial score (nSPS) is 12.7. The number of aromatic nitrogens is 2. The third kappa shape index (κ3) is 2.98. The maximum Gasteiger partial charge on any atom is 0.0996 e. The maximum atomic E-state index is 10.5. The van der Waals surface area contributed by atoms with Crippen molar-refractivity contribution in [1.29, 1.82) is 0 Å². The fraction of sp³-hybridized carbons (Fsp3) is 0.278. The smallest absolute Gasteiger partial charge is 0.0996 e. The highest BCUT2D eigenvalue weighted by Crippen LogP contribution is 2.21. The molecule has 0 spiro atoms. The number of hydrogen-bond acceptors (Lipinski definition) is 2. The second-order valence-electron chi connectivity index (χ2n) is 5.38. The molecule has 3 heteroatoms. The molecule has 1 heterocycles. The molecule has 0 saturated heterocycles. The van der Waals surface area contributed by atoms with Crippen LogP contribution in [0.5, 0.6) is 0 Å². The van der Waals surface area contributed by atoms with Crippen LogP contribution < -0.4 is 0 Å². The minimum Gasteiger partial charge on any atom is -0.386 e. The fourth-order valence-corrected chi connectivity index (χ4v) is 2.72. The van der Waals surface area contributed by atoms with E-state index >= 15 is 0 Å². The summed E-state index contributed by atoms with van der Waals surface area (Å²) in [6.07, 6.45) is 2.87. The van der Waals surface area contributed by atoms with Crippen molar-refractivity contribution in [2.24, 2.45) is 0 Å². The summed E-state index contributed by atoms with van der Waals surface area (Å²) in [6.45, 7) is 2.96. The van der Waals surface area contributed by atoms with Gasteiger partial charge in [0.1, 0.15) is 0 Å². The highest BCUT2D eigenvalue weighted by Gasteiger charge is 2.13. The lowest BCUT2D eigenvalue weighted by atomic mass is 10.0. The predicted molar refractivity (Wildman–Crippen MR) is 85.1 cm³/mol. The van der Waals surface area contributed by atoms with Crippen LogP contribution in [0.15, 0.2) is 54.7 Å². The molecular formula is C18H20N2O. The maximum absolute atomic E-state index is 10.5. The van der Waals surface area contributed by atoms with Crippen molar-refractivity contribution in [2.75, 3.05) is 0 Å². The molecule has 0 fully saturated rings. The first-order valence-electron chi connectivity index (χ1n) is 7.45. The van der Waals surface area contributed by atoms with E-state index in [0.717, 1.165) is 24.2 Å². The lowest BCUT2D eigenvalue weighted by Crippen LogP contribution is -2.11. The van der Waals surface area contributed by atoms with Gasteiger partial charge >= 0.3 is 0 Å². The Morgan fingerprint density at radius 3 is 2.71 bits per heavy atom. The first-order valence-corrected chi connectivity index (χ1v) is 7.45. The van der Waals surface area contributed by atoms with Crippen LogP contribution >= 0.6 is 0 Å². The van der Waals surface area contributed by atoms with Gasteiger partial charge in [0.25, 0.3) is 0 Å². The summed E-state index contributed by atoms with van der Waals surface area (Å²) in [6, 6.07) is 16.5. The number of hydrogen-bond donors (Lipinski definition) is 1. The summed E-state index contributed by atoms with van der Waals surface area (Å²) >= 11 is 0. The minimum atomic E-state index is -0.514. The van der Waals surface area contributed by atoms with E-state index in [1.165, 1.54) is 10.8 Å². The summed E-state index contributed by atoms with van der Waals surface area (Å²) in [5.74, 6) is 0. The van der Waals surface area contributed by atoms with Crippen molar-refractivity contribution in [3.63, 3.8) is 0 Å². The van der Waals surface area contributed by atoms with Gasteiger partial charge in [0.2, 0.25) is 0 Å². The van der Waals surface area contributed by atoms with Crippen molar-refractivity contribution >= 4 is 10.8 Å². The van der Waals surface area contributed by atoms with Crippen LogP contribution in [0.1, 0.15) is 30.7 Å². The molecule has 1 unspecified atom stereocenters. The van der Waals surface area contributed by atoms with Crippen molar-refractivity contribution < 1.29 is 5.11 Å². The van der Waals surface area contributed by atoms with Crippen LogP contribution in [-0.2, 0) is 13.0 Å². The SMILES string of the molecule is CCCn1nccc1C(O)Cc1ccc2ccccc2c1. The second kappa shape index (κ2) is 6.10. The van der Waals surface area contributed by atoms with E-state index in [1.807, 2.05) is 22.9 Å². The molecule has 0 aliphatic carbocycles. The number of nitrogens with zero attached hydrogens (tertiary/aromatic N) is 2. The van der Waals surface area contributed by atoms with E-state index in [1.54, 1.807) is 6.20 Å². The molecule has 3 nitrogen and oxygen atoms in total. The molecule has 0 bridgehead atoms. The highest BCUT2D eigenvalue weighted by atomic mass is 16.3. The van der Waals surface area contributed by atoms with Crippen LogP contribution in [0.2, 0.25) is 0 Å². The zero-order chi connectivity index (χ0) is 14.7. The third-order valence-electron chi connectivity index (χ3n) is 3.77. The molecule has 1 N–H and O–H groups in total. The fourth-order valence-electron chi connectivity index (χ4n) is 2.72. The number of fused-ring (bicyclic) bond motifs is 1. The quantitative estimate of drug-likeness (QED) is 0.773. The molecule has 108 valence electrons. The standard InChI is InChI=1S/C18H20N2O/c1-2-11-20-17(9-10-19-20)18(21)13-14-7-8-15-5-3-4-6-16(15)12-14/h3-10,12,18,21H,2,11,13H2,1H3. The Kier molecular flexibility index (Phi) is 4.02. The zero-order valence-corrected chi connectivity index (χ0v) is 12.2. The summed E-state index contributed by atoms with van der Waals surface area (Å²) in [5, 5.41) is 17.2. The van der Waals surface area contributed by atoms with E-state index in [-0.39, 0.29) is 0 Å². The van der Waals surface area contributed by atoms with Crippen LogP contribution in [0.3, 0.4) is 0 Å². The molecule has 3 aromatic rings. The van der Waals surface area contributed by atoms with E-state index in [2.05, 4.69) is 42.4 Å². The zero-order valence-electron chi connectivity index (χ0n) is 12.2. The Balaban J connectivity index is 1.82. The summed E-state index contributed by atoms with van der Waals surface area (Å²) in [4.78, 5) is 0. The molecule has 2 aromatic carbocycles. The Labute approximate surface area is 124 Å². The van der Waals surface area contributed by atoms with Crippen LogP contribution in [-0.4, -0.2) is 14.9 Å². The highest BCUT2D eigenvalue weighted by molar-refractivity contribution is 5.82. The number of aliphatic hydroxyl groups excluding tert-OH is 1. The average molecular weight is 280 g/mol. The molecule has 0 radical (unpaired) electrons. The molecule has 1 aromatic heterocycles. The number of aliphatic hydroxyl groups is 1. The van der Waals surface area contributed by atoms with Crippen molar-refractivity contribution in [1.82, 2.24) is 9.78 Å². The Morgan fingerprint density at radius 1 is 1.10 bits per heavy atom. The van der Waals surface area contributed by atoms with Gasteiger partial charge in [-0.05, 0) is 28.8 Å². The van der Waals surface area contributed by atoms with Crippen molar-refractivity contribution in [3.05, 3.63) is 66.0 Å². The van der Waals surface area contributed by atoms with Crippen LogP contribution in [0.25, 0.3) is 10.8 Å². The number of rotatable bonds is 5. The summed E-state index contributed by atoms with van der Waals surface area (Å²) in [7, 11) is 0. The molecule has 21 heavy (non-hydrogen) atoms. The summed E-state index contributed by atoms with van der Waals surface area (Å²) in [5.41, 5.74) is 2.04. The van der Waals surface area contributed by atoms with E-state index in [9.17, 15) is 5.11 Å². The van der Waals surface area contributed by atoms with E-state index < -0.39 is 6.10 Å². The molecule has 0 saturated carbocycles. The van der Waals surface area contributed by atoms with Crippen molar-refractivity contribution in [2.45, 2.75) is 32.4 Å².